The first-order chi connectivity index (χ1) is 14.5. The second kappa shape index (κ2) is 8.77. The minimum atomic E-state index is -5.08. The van der Waals surface area contributed by atoms with Crippen molar-refractivity contribution >= 4 is 17.0 Å². The predicted molar refractivity (Wildman–Crippen MR) is 99.2 cm³/mol. The first kappa shape index (κ1) is 22.9. The summed E-state index contributed by atoms with van der Waals surface area (Å²) in [6.45, 7) is 1.93. The summed E-state index contributed by atoms with van der Waals surface area (Å²) < 4.78 is 52.9. The maximum Gasteiger partial charge on any atom is 0.490 e. The predicted octanol–water partition coefficient (Wildman–Crippen LogP) is 0.496. The number of halogens is 4. The van der Waals surface area contributed by atoms with Crippen molar-refractivity contribution in [2.24, 2.45) is 5.73 Å². The standard InChI is InChI=1S/C16H19FN4O3.C2HF3O2/c17-10-5-19-12-1-2-14(23)21-9(8-24-16(10)15(12)21)6-20-4-3-11(18)13(22)7-20;3-2(4,5)1(6)7/h1-2,5,9,11,13,22H,3-4,6-8,18H2;(H,6,7)/t9-,11+,13-;/m1./s1. The number of likely N-dealkylation sites (tertiary alicyclic amines) is 1. The number of piperidine rings is 1. The molecule has 2 aromatic heterocycles. The number of nitrogens with zero attached hydrogens (tertiary/aromatic N) is 3. The number of aliphatic hydroxyl groups excluding tert-OH is 1. The van der Waals surface area contributed by atoms with E-state index in [1.165, 1.54) is 6.07 Å². The Hall–Kier alpha value is -2.77. The van der Waals surface area contributed by atoms with Gasteiger partial charge in [-0.15, -0.1) is 0 Å². The minimum Gasteiger partial charge on any atom is -0.486 e. The summed E-state index contributed by atoms with van der Waals surface area (Å²) in [5.74, 6) is -3.25. The molecule has 4 N–H and O–H groups in total. The van der Waals surface area contributed by atoms with E-state index >= 15 is 0 Å². The lowest BCUT2D eigenvalue weighted by Crippen LogP contribution is -2.52. The van der Waals surface area contributed by atoms with Crippen molar-refractivity contribution in [1.29, 1.82) is 0 Å². The molecule has 13 heteroatoms. The Kier molecular flexibility index (Phi) is 6.48. The Labute approximate surface area is 172 Å². The summed E-state index contributed by atoms with van der Waals surface area (Å²) in [6.07, 6.45) is -3.86. The van der Waals surface area contributed by atoms with Crippen LogP contribution in [0.25, 0.3) is 11.0 Å². The van der Waals surface area contributed by atoms with Crippen LogP contribution in [0.4, 0.5) is 17.6 Å². The van der Waals surface area contributed by atoms with Gasteiger partial charge in [0, 0.05) is 25.2 Å². The quantitative estimate of drug-likeness (QED) is 0.566. The largest absolute Gasteiger partial charge is 0.490 e. The Morgan fingerprint density at radius 3 is 2.65 bits per heavy atom. The van der Waals surface area contributed by atoms with Gasteiger partial charge in [-0.05, 0) is 19.0 Å². The average molecular weight is 448 g/mol. The molecule has 31 heavy (non-hydrogen) atoms. The summed E-state index contributed by atoms with van der Waals surface area (Å²) >= 11 is 0. The third-order valence-electron chi connectivity index (χ3n) is 5.07. The van der Waals surface area contributed by atoms with Crippen molar-refractivity contribution in [3.8, 4) is 5.75 Å². The van der Waals surface area contributed by atoms with Gasteiger partial charge in [0.15, 0.2) is 11.6 Å². The molecule has 0 saturated carbocycles. The Balaban J connectivity index is 0.000000339. The number of hydrogen-bond acceptors (Lipinski definition) is 7. The zero-order chi connectivity index (χ0) is 22.9. The van der Waals surface area contributed by atoms with Gasteiger partial charge < -0.3 is 20.7 Å². The highest BCUT2D eigenvalue weighted by atomic mass is 19.4. The van der Waals surface area contributed by atoms with Crippen LogP contribution in [0.15, 0.2) is 23.1 Å². The van der Waals surface area contributed by atoms with Gasteiger partial charge in [0.05, 0.1) is 23.9 Å². The van der Waals surface area contributed by atoms with Crippen LogP contribution in [0, 0.1) is 5.82 Å². The van der Waals surface area contributed by atoms with Crippen molar-refractivity contribution in [1.82, 2.24) is 14.5 Å². The number of carbonyl (C=O) groups is 1. The second-order valence-corrected chi connectivity index (χ2v) is 7.26. The second-order valence-electron chi connectivity index (χ2n) is 7.26. The SMILES string of the molecule is N[C@H]1CCN(C[C@@H]2COc3c(F)cnc4ccc(=O)n2c34)C[C@H]1O.O=C(O)C(F)(F)F. The minimum absolute atomic E-state index is 0.0784. The van der Waals surface area contributed by atoms with Crippen molar-refractivity contribution in [2.75, 3.05) is 26.2 Å². The smallest absolute Gasteiger partial charge is 0.486 e. The molecule has 4 heterocycles. The van der Waals surface area contributed by atoms with Gasteiger partial charge in [-0.25, -0.2) is 9.18 Å². The van der Waals surface area contributed by atoms with Gasteiger partial charge in [0.25, 0.3) is 5.56 Å². The normalized spacial score (nSPS) is 23.6. The highest BCUT2D eigenvalue weighted by Crippen LogP contribution is 2.32. The van der Waals surface area contributed by atoms with Gasteiger partial charge in [-0.2, -0.15) is 13.2 Å². The fourth-order valence-electron chi connectivity index (χ4n) is 3.54. The molecule has 2 aromatic rings. The Bertz CT molecular complexity index is 1030. The number of rotatable bonds is 2. The summed E-state index contributed by atoms with van der Waals surface area (Å²) in [5, 5.41) is 17.1. The number of aliphatic hydroxyl groups is 1. The van der Waals surface area contributed by atoms with Gasteiger partial charge >= 0.3 is 12.1 Å². The zero-order valence-corrected chi connectivity index (χ0v) is 16.0. The molecule has 0 amide bonds. The molecule has 0 aliphatic carbocycles. The molecule has 170 valence electrons. The van der Waals surface area contributed by atoms with E-state index < -0.39 is 24.1 Å². The molecule has 4 rings (SSSR count). The van der Waals surface area contributed by atoms with Crippen LogP contribution in [0.5, 0.6) is 5.75 Å². The van der Waals surface area contributed by atoms with E-state index in [1.54, 1.807) is 10.6 Å². The van der Waals surface area contributed by atoms with E-state index in [0.717, 1.165) is 12.7 Å². The summed E-state index contributed by atoms with van der Waals surface area (Å²) in [5.41, 5.74) is 6.54. The number of ether oxygens (including phenoxy) is 1. The van der Waals surface area contributed by atoms with Crippen molar-refractivity contribution in [3.05, 3.63) is 34.5 Å². The van der Waals surface area contributed by atoms with E-state index in [4.69, 9.17) is 20.4 Å². The van der Waals surface area contributed by atoms with Gasteiger partial charge in [0.1, 0.15) is 12.1 Å². The fourth-order valence-corrected chi connectivity index (χ4v) is 3.54. The van der Waals surface area contributed by atoms with Crippen molar-refractivity contribution < 1.29 is 37.3 Å². The topological polar surface area (TPSA) is 131 Å². The van der Waals surface area contributed by atoms with E-state index in [2.05, 4.69) is 9.88 Å². The summed E-state index contributed by atoms with van der Waals surface area (Å²) in [4.78, 5) is 27.4. The number of carboxylic acids is 1. The van der Waals surface area contributed by atoms with Crippen LogP contribution in [0.1, 0.15) is 12.5 Å². The highest BCUT2D eigenvalue weighted by Gasteiger charge is 2.38. The molecule has 9 nitrogen and oxygen atoms in total. The Morgan fingerprint density at radius 2 is 2.03 bits per heavy atom. The zero-order valence-electron chi connectivity index (χ0n) is 16.0. The molecular weight excluding hydrogens is 428 g/mol. The van der Waals surface area contributed by atoms with Crippen LogP contribution < -0.4 is 16.0 Å². The monoisotopic (exact) mass is 448 g/mol. The first-order valence-electron chi connectivity index (χ1n) is 9.27. The first-order valence-corrected chi connectivity index (χ1v) is 9.27. The number of aliphatic carboxylic acids is 1. The van der Waals surface area contributed by atoms with Crippen LogP contribution in [-0.2, 0) is 4.79 Å². The highest BCUT2D eigenvalue weighted by molar-refractivity contribution is 5.82. The fraction of sp³-hybridized carbons (Fsp3) is 0.500. The summed E-state index contributed by atoms with van der Waals surface area (Å²) in [7, 11) is 0. The van der Waals surface area contributed by atoms with Crippen molar-refractivity contribution in [2.45, 2.75) is 30.8 Å². The lowest BCUT2D eigenvalue weighted by Gasteiger charge is -2.37. The molecule has 0 aromatic carbocycles. The molecule has 0 spiro atoms. The maximum atomic E-state index is 14.0. The average Bonchev–Trinajstić information content (AvgIpc) is 2.69. The van der Waals surface area contributed by atoms with E-state index in [0.29, 0.717) is 30.5 Å². The lowest BCUT2D eigenvalue weighted by molar-refractivity contribution is -0.192. The van der Waals surface area contributed by atoms with E-state index in [1.807, 2.05) is 0 Å². The number of aromatic nitrogens is 2. The number of hydrogen-bond donors (Lipinski definition) is 3. The number of pyridine rings is 2. The third kappa shape index (κ3) is 4.94. The molecule has 0 bridgehead atoms. The molecule has 0 radical (unpaired) electrons. The molecule has 1 saturated heterocycles. The number of alkyl halides is 3. The van der Waals surface area contributed by atoms with E-state index in [-0.39, 0.29) is 30.0 Å². The van der Waals surface area contributed by atoms with Crippen LogP contribution >= 0.6 is 0 Å². The lowest BCUT2D eigenvalue weighted by atomic mass is 10.0. The maximum absolute atomic E-state index is 14.0. The molecule has 3 atom stereocenters. The summed E-state index contributed by atoms with van der Waals surface area (Å²) in [6, 6.07) is 2.54. The van der Waals surface area contributed by atoms with Gasteiger partial charge in [-0.3, -0.25) is 19.2 Å². The van der Waals surface area contributed by atoms with Crippen LogP contribution in [0.2, 0.25) is 0 Å². The van der Waals surface area contributed by atoms with E-state index in [9.17, 15) is 27.5 Å². The molecule has 2 aliphatic heterocycles. The Morgan fingerprint density at radius 1 is 1.35 bits per heavy atom. The molecule has 2 aliphatic rings. The number of carboxylic acid groups (broad SMARTS) is 1. The van der Waals surface area contributed by atoms with Crippen LogP contribution in [0.3, 0.4) is 0 Å². The van der Waals surface area contributed by atoms with Gasteiger partial charge in [-0.1, -0.05) is 0 Å². The number of nitrogens with two attached hydrogens (primary N) is 1. The van der Waals surface area contributed by atoms with Crippen molar-refractivity contribution in [3.63, 3.8) is 0 Å². The third-order valence-corrected chi connectivity index (χ3v) is 5.07. The molecule has 0 unspecified atom stereocenters. The number of β-amino-alcohol motifs (C(OH)–C–C–N with tert-alkyl or cyclic N) is 1. The molecular formula is C18H20F4N4O5. The molecule has 1 fully saturated rings. The van der Waals surface area contributed by atoms with Gasteiger partial charge in [0.2, 0.25) is 0 Å². The van der Waals surface area contributed by atoms with Crippen LogP contribution in [-0.4, -0.2) is 75.2 Å².